The first-order chi connectivity index (χ1) is 7.76. The molecule has 0 spiro atoms. The quantitative estimate of drug-likeness (QED) is 0.691. The molecular weight excluding hydrogens is 208 g/mol. The van der Waals surface area contributed by atoms with Gasteiger partial charge >= 0.3 is 0 Å². The molecule has 1 unspecified atom stereocenters. The van der Waals surface area contributed by atoms with Crippen molar-refractivity contribution in [1.82, 2.24) is 10.6 Å². The van der Waals surface area contributed by atoms with Crippen molar-refractivity contribution in [3.63, 3.8) is 0 Å². The van der Waals surface area contributed by atoms with Crippen LogP contribution in [-0.4, -0.2) is 51.0 Å². The van der Waals surface area contributed by atoms with Gasteiger partial charge in [0.15, 0.2) is 0 Å². The minimum absolute atomic E-state index is 0.0174. The van der Waals surface area contributed by atoms with E-state index in [1.54, 1.807) is 7.11 Å². The lowest BCUT2D eigenvalue weighted by Crippen LogP contribution is -2.49. The topological polar surface area (TPSA) is 59.6 Å². The van der Waals surface area contributed by atoms with Gasteiger partial charge in [-0.05, 0) is 19.4 Å². The lowest BCUT2D eigenvalue weighted by atomic mass is 10.0. The summed E-state index contributed by atoms with van der Waals surface area (Å²) in [5.74, 6) is 0.0841. The smallest absolute Gasteiger partial charge is 0.237 e. The number of carbonyl (C=O) groups is 1. The molecule has 0 radical (unpaired) electrons. The maximum absolute atomic E-state index is 11.8. The molecular formula is C11H20N2O3. The number of carbonyl (C=O) groups excluding carboxylic acids is 1. The zero-order valence-electron chi connectivity index (χ0n) is 9.75. The Morgan fingerprint density at radius 1 is 1.69 bits per heavy atom. The van der Waals surface area contributed by atoms with Gasteiger partial charge in [-0.1, -0.05) is 0 Å². The molecule has 5 heteroatoms. The molecule has 1 amide bonds. The summed E-state index contributed by atoms with van der Waals surface area (Å²) in [6.45, 7) is 2.77. The van der Waals surface area contributed by atoms with Crippen LogP contribution in [0.4, 0.5) is 0 Å². The Balaban J connectivity index is 1.79. The van der Waals surface area contributed by atoms with E-state index in [9.17, 15) is 4.79 Å². The summed E-state index contributed by atoms with van der Waals surface area (Å²) >= 11 is 0. The Kier molecular flexibility index (Phi) is 3.78. The summed E-state index contributed by atoms with van der Waals surface area (Å²) in [5.41, 5.74) is -0.311. The maximum atomic E-state index is 11.8. The molecule has 92 valence electrons. The van der Waals surface area contributed by atoms with Gasteiger partial charge in [-0.25, -0.2) is 0 Å². The van der Waals surface area contributed by atoms with Crippen LogP contribution in [0.3, 0.4) is 0 Å². The average molecular weight is 228 g/mol. The summed E-state index contributed by atoms with van der Waals surface area (Å²) < 4.78 is 10.8. The van der Waals surface area contributed by atoms with E-state index >= 15 is 0 Å². The van der Waals surface area contributed by atoms with Crippen LogP contribution in [0, 0.1) is 0 Å². The first-order valence-corrected chi connectivity index (χ1v) is 5.90. The van der Waals surface area contributed by atoms with Gasteiger partial charge in [-0.3, -0.25) is 4.79 Å². The van der Waals surface area contributed by atoms with Gasteiger partial charge in [0, 0.05) is 26.7 Å². The van der Waals surface area contributed by atoms with Gasteiger partial charge in [0.25, 0.3) is 0 Å². The number of methoxy groups -OCH3 is 1. The molecule has 2 aliphatic rings. The lowest BCUT2D eigenvalue weighted by molar-refractivity contribution is -0.124. The van der Waals surface area contributed by atoms with Crippen molar-refractivity contribution in [2.24, 2.45) is 0 Å². The largest absolute Gasteiger partial charge is 0.378 e. The molecule has 2 atom stereocenters. The summed E-state index contributed by atoms with van der Waals surface area (Å²) in [7, 11) is 1.68. The van der Waals surface area contributed by atoms with Crippen molar-refractivity contribution < 1.29 is 14.3 Å². The molecule has 2 saturated heterocycles. The van der Waals surface area contributed by atoms with Crippen molar-refractivity contribution in [3.05, 3.63) is 0 Å². The van der Waals surface area contributed by atoms with Crippen LogP contribution in [-0.2, 0) is 14.3 Å². The molecule has 0 bridgehead atoms. The monoisotopic (exact) mass is 228 g/mol. The van der Waals surface area contributed by atoms with Crippen molar-refractivity contribution >= 4 is 5.91 Å². The summed E-state index contributed by atoms with van der Waals surface area (Å²) in [6, 6.07) is -0.0174. The molecule has 2 N–H and O–H groups in total. The second kappa shape index (κ2) is 5.12. The van der Waals surface area contributed by atoms with E-state index in [0.717, 1.165) is 25.8 Å². The molecule has 2 aliphatic heterocycles. The summed E-state index contributed by atoms with van der Waals surface area (Å²) in [6.07, 6.45) is 2.86. The lowest BCUT2D eigenvalue weighted by Gasteiger charge is -2.26. The molecule has 0 aromatic rings. The summed E-state index contributed by atoms with van der Waals surface area (Å²) in [4.78, 5) is 11.8. The predicted molar refractivity (Wildman–Crippen MR) is 59.2 cm³/mol. The molecule has 0 saturated carbocycles. The Hall–Kier alpha value is -0.650. The zero-order chi connectivity index (χ0) is 11.4. The number of rotatable bonds is 4. The first-order valence-electron chi connectivity index (χ1n) is 5.90. The number of hydrogen-bond donors (Lipinski definition) is 2. The highest BCUT2D eigenvalue weighted by Gasteiger charge is 2.36. The number of amides is 1. The minimum Gasteiger partial charge on any atom is -0.378 e. The normalized spacial score (nSPS) is 34.2. The molecule has 2 fully saturated rings. The Bertz CT molecular complexity index is 246. The molecule has 0 aromatic heterocycles. The highest BCUT2D eigenvalue weighted by molar-refractivity contribution is 5.82. The maximum Gasteiger partial charge on any atom is 0.237 e. The van der Waals surface area contributed by atoms with Crippen LogP contribution in [0.2, 0.25) is 0 Å². The van der Waals surface area contributed by atoms with E-state index in [0.29, 0.717) is 19.8 Å². The summed E-state index contributed by atoms with van der Waals surface area (Å²) in [5, 5.41) is 6.13. The van der Waals surface area contributed by atoms with Crippen LogP contribution < -0.4 is 10.6 Å². The molecule has 2 rings (SSSR count). The number of nitrogens with one attached hydrogen (secondary N) is 2. The number of ether oxygens (including phenoxy) is 2. The minimum atomic E-state index is -0.311. The van der Waals surface area contributed by atoms with Gasteiger partial charge in [0.1, 0.15) is 5.60 Å². The van der Waals surface area contributed by atoms with Crippen LogP contribution in [0.5, 0.6) is 0 Å². The SMILES string of the molecule is COC1(CNC(=O)[C@@H]2CCCN2)CCOC1. The van der Waals surface area contributed by atoms with Crippen LogP contribution in [0.25, 0.3) is 0 Å². The molecule has 5 nitrogen and oxygen atoms in total. The van der Waals surface area contributed by atoms with Gasteiger partial charge in [0.2, 0.25) is 5.91 Å². The standard InChI is InChI=1S/C11H20N2O3/c1-15-11(4-6-16-8-11)7-13-10(14)9-3-2-5-12-9/h9,12H,2-8H2,1H3,(H,13,14)/t9-,11?/m0/s1. The van der Waals surface area contributed by atoms with E-state index in [4.69, 9.17) is 9.47 Å². The third-order valence-corrected chi connectivity index (χ3v) is 3.46. The van der Waals surface area contributed by atoms with Crippen LogP contribution in [0.1, 0.15) is 19.3 Å². The van der Waals surface area contributed by atoms with Crippen molar-refractivity contribution in [1.29, 1.82) is 0 Å². The van der Waals surface area contributed by atoms with E-state index < -0.39 is 0 Å². The van der Waals surface area contributed by atoms with E-state index in [1.165, 1.54) is 0 Å². The van der Waals surface area contributed by atoms with Crippen molar-refractivity contribution in [3.8, 4) is 0 Å². The van der Waals surface area contributed by atoms with Crippen LogP contribution in [0.15, 0.2) is 0 Å². The van der Waals surface area contributed by atoms with Gasteiger partial charge < -0.3 is 20.1 Å². The second-order valence-electron chi connectivity index (χ2n) is 4.56. The number of hydrogen-bond acceptors (Lipinski definition) is 4. The Morgan fingerprint density at radius 2 is 2.56 bits per heavy atom. The highest BCUT2D eigenvalue weighted by atomic mass is 16.5. The predicted octanol–water partition coefficient (Wildman–Crippen LogP) is -0.340. The van der Waals surface area contributed by atoms with E-state index in [2.05, 4.69) is 10.6 Å². The van der Waals surface area contributed by atoms with E-state index in [-0.39, 0.29) is 17.6 Å². The molecule has 0 aliphatic carbocycles. The zero-order valence-corrected chi connectivity index (χ0v) is 9.75. The van der Waals surface area contributed by atoms with Crippen molar-refractivity contribution in [2.45, 2.75) is 30.9 Å². The van der Waals surface area contributed by atoms with Gasteiger partial charge in [-0.2, -0.15) is 0 Å². The fraction of sp³-hybridized carbons (Fsp3) is 0.909. The fourth-order valence-electron chi connectivity index (χ4n) is 2.24. The van der Waals surface area contributed by atoms with Crippen molar-refractivity contribution in [2.75, 3.05) is 33.4 Å². The molecule has 2 heterocycles. The average Bonchev–Trinajstić information content (AvgIpc) is 2.98. The van der Waals surface area contributed by atoms with Crippen LogP contribution >= 0.6 is 0 Å². The second-order valence-corrected chi connectivity index (χ2v) is 4.56. The Morgan fingerprint density at radius 3 is 3.12 bits per heavy atom. The highest BCUT2D eigenvalue weighted by Crippen LogP contribution is 2.21. The Labute approximate surface area is 95.9 Å². The van der Waals surface area contributed by atoms with Gasteiger partial charge in [-0.15, -0.1) is 0 Å². The molecule has 16 heavy (non-hydrogen) atoms. The third kappa shape index (κ3) is 2.53. The first kappa shape index (κ1) is 11.8. The third-order valence-electron chi connectivity index (χ3n) is 3.46. The molecule has 0 aromatic carbocycles. The van der Waals surface area contributed by atoms with E-state index in [1.807, 2.05) is 0 Å². The van der Waals surface area contributed by atoms with Gasteiger partial charge in [0.05, 0.1) is 12.6 Å². The fourth-order valence-corrected chi connectivity index (χ4v) is 2.24.